The Balaban J connectivity index is 1.62. The molecule has 3 aromatic rings. The third-order valence-corrected chi connectivity index (χ3v) is 4.78. The second-order valence-electron chi connectivity index (χ2n) is 6.61. The van der Waals surface area contributed by atoms with Crippen LogP contribution in [0.1, 0.15) is 42.8 Å². The Bertz CT molecular complexity index is 908. The maximum Gasteiger partial charge on any atom is 0.187 e. The van der Waals surface area contributed by atoms with E-state index in [4.69, 9.17) is 0 Å². The van der Waals surface area contributed by atoms with E-state index in [9.17, 15) is 4.39 Å². The Labute approximate surface area is 151 Å². The molecule has 0 saturated heterocycles. The van der Waals surface area contributed by atoms with Gasteiger partial charge in [0.2, 0.25) is 0 Å². The summed E-state index contributed by atoms with van der Waals surface area (Å²) in [6, 6.07) is 10.4. The van der Waals surface area contributed by atoms with Gasteiger partial charge in [-0.1, -0.05) is 37.3 Å². The molecule has 4 rings (SSSR count). The molecule has 0 unspecified atom stereocenters. The highest BCUT2D eigenvalue weighted by Crippen LogP contribution is 2.28. The van der Waals surface area contributed by atoms with Crippen molar-refractivity contribution in [3.63, 3.8) is 0 Å². The van der Waals surface area contributed by atoms with Crippen molar-refractivity contribution < 1.29 is 4.39 Å². The molecule has 3 heterocycles. The molecule has 0 fully saturated rings. The average Bonchev–Trinajstić information content (AvgIpc) is 3.06. The molecule has 1 atom stereocenters. The molecule has 0 N–H and O–H groups in total. The second-order valence-corrected chi connectivity index (χ2v) is 6.61. The van der Waals surface area contributed by atoms with E-state index < -0.39 is 0 Å². The van der Waals surface area contributed by atoms with Gasteiger partial charge in [0, 0.05) is 13.0 Å². The van der Waals surface area contributed by atoms with Crippen molar-refractivity contribution in [2.45, 2.75) is 39.3 Å². The quantitative estimate of drug-likeness (QED) is 0.722. The van der Waals surface area contributed by atoms with Gasteiger partial charge in [0.15, 0.2) is 17.5 Å². The summed E-state index contributed by atoms with van der Waals surface area (Å²) in [6.45, 7) is 5.14. The summed E-state index contributed by atoms with van der Waals surface area (Å²) in [5.74, 6) is 1.80. The molecule has 26 heavy (non-hydrogen) atoms. The summed E-state index contributed by atoms with van der Waals surface area (Å²) in [7, 11) is 0. The van der Waals surface area contributed by atoms with Gasteiger partial charge in [-0.15, -0.1) is 10.2 Å². The van der Waals surface area contributed by atoms with Gasteiger partial charge in [-0.3, -0.25) is 0 Å². The number of fused-ring (bicyclic) bond motifs is 1. The molecule has 1 aliphatic rings. The van der Waals surface area contributed by atoms with Gasteiger partial charge >= 0.3 is 0 Å². The van der Waals surface area contributed by atoms with Crippen molar-refractivity contribution >= 4 is 5.82 Å². The summed E-state index contributed by atoms with van der Waals surface area (Å²) in [4.78, 5) is 10.1. The lowest BCUT2D eigenvalue weighted by Crippen LogP contribution is -2.38. The van der Waals surface area contributed by atoms with E-state index >= 15 is 0 Å². The third kappa shape index (κ3) is 2.94. The number of aryl methyl sites for hydroxylation is 1. The minimum Gasteiger partial charge on any atom is -0.344 e. The molecular formula is C19H21FN6. The van der Waals surface area contributed by atoms with Gasteiger partial charge in [0.05, 0.1) is 18.3 Å². The smallest absolute Gasteiger partial charge is 0.187 e. The normalized spacial score (nSPS) is 16.6. The fourth-order valence-electron chi connectivity index (χ4n) is 3.54. The van der Waals surface area contributed by atoms with Crippen molar-refractivity contribution in [2.75, 3.05) is 11.4 Å². The Kier molecular flexibility index (Phi) is 4.36. The zero-order valence-electron chi connectivity index (χ0n) is 14.9. The van der Waals surface area contributed by atoms with Crippen LogP contribution in [0, 0.1) is 5.82 Å². The highest BCUT2D eigenvalue weighted by atomic mass is 19.1. The van der Waals surface area contributed by atoms with Gasteiger partial charge < -0.3 is 9.47 Å². The first-order chi connectivity index (χ1) is 12.7. The molecule has 0 radical (unpaired) electrons. The first-order valence-corrected chi connectivity index (χ1v) is 8.88. The largest absolute Gasteiger partial charge is 0.344 e. The molecule has 134 valence electrons. The number of nitrogens with zero attached hydrogens (tertiary/aromatic N) is 6. The van der Waals surface area contributed by atoms with Crippen molar-refractivity contribution in [1.29, 1.82) is 0 Å². The number of anilines is 1. The molecule has 1 aromatic carbocycles. The molecule has 0 spiro atoms. The predicted molar refractivity (Wildman–Crippen MR) is 96.4 cm³/mol. The molecule has 0 amide bonds. The molecular weight excluding hydrogens is 331 g/mol. The van der Waals surface area contributed by atoms with Crippen LogP contribution in [0.5, 0.6) is 0 Å². The topological polar surface area (TPSA) is 59.7 Å². The van der Waals surface area contributed by atoms with Crippen LogP contribution in [0.4, 0.5) is 10.2 Å². The number of rotatable bonds is 4. The average molecular weight is 352 g/mol. The lowest BCUT2D eigenvalue weighted by atomic mass is 10.1. The standard InChI is InChI=1S/C19H21FN6/c1-3-15-18(20)19(22-12-21-15)25-10-13(2)26-16(23-24-17(26)11-25)9-14-7-5-4-6-8-14/h4-8,12-13H,3,9-11H2,1-2H3/t13-/m0/s1. The van der Waals surface area contributed by atoms with Gasteiger partial charge in [-0.05, 0) is 18.9 Å². The Hall–Kier alpha value is -2.83. The fourth-order valence-corrected chi connectivity index (χ4v) is 3.54. The van der Waals surface area contributed by atoms with Crippen molar-refractivity contribution in [1.82, 2.24) is 24.7 Å². The highest BCUT2D eigenvalue weighted by Gasteiger charge is 2.29. The van der Waals surface area contributed by atoms with E-state index in [1.165, 1.54) is 11.9 Å². The summed E-state index contributed by atoms with van der Waals surface area (Å²) >= 11 is 0. The number of hydrogen-bond acceptors (Lipinski definition) is 5. The van der Waals surface area contributed by atoms with Crippen LogP contribution in [-0.4, -0.2) is 31.3 Å². The van der Waals surface area contributed by atoms with E-state index in [0.29, 0.717) is 31.0 Å². The van der Waals surface area contributed by atoms with Crippen molar-refractivity contribution in [2.24, 2.45) is 0 Å². The van der Waals surface area contributed by atoms with Gasteiger partial charge in [0.1, 0.15) is 12.2 Å². The maximum absolute atomic E-state index is 14.6. The molecule has 2 aromatic heterocycles. The summed E-state index contributed by atoms with van der Waals surface area (Å²) < 4.78 is 16.8. The van der Waals surface area contributed by atoms with E-state index in [-0.39, 0.29) is 11.9 Å². The van der Waals surface area contributed by atoms with E-state index in [1.54, 1.807) is 0 Å². The van der Waals surface area contributed by atoms with Crippen LogP contribution < -0.4 is 4.90 Å². The monoisotopic (exact) mass is 352 g/mol. The fraction of sp³-hybridized carbons (Fsp3) is 0.368. The molecule has 0 aliphatic carbocycles. The van der Waals surface area contributed by atoms with Crippen molar-refractivity contribution in [3.05, 3.63) is 65.4 Å². The summed E-state index contributed by atoms with van der Waals surface area (Å²) in [5.41, 5.74) is 1.64. The zero-order valence-corrected chi connectivity index (χ0v) is 14.9. The van der Waals surface area contributed by atoms with Gasteiger partial charge in [0.25, 0.3) is 0 Å². The van der Waals surface area contributed by atoms with Gasteiger partial charge in [-0.25, -0.2) is 14.4 Å². The van der Waals surface area contributed by atoms with Crippen LogP contribution in [0.25, 0.3) is 0 Å². The zero-order chi connectivity index (χ0) is 18.1. The third-order valence-electron chi connectivity index (χ3n) is 4.78. The van der Waals surface area contributed by atoms with E-state index in [2.05, 4.69) is 43.8 Å². The number of aromatic nitrogens is 5. The van der Waals surface area contributed by atoms with E-state index in [1.807, 2.05) is 30.0 Å². The van der Waals surface area contributed by atoms with Crippen LogP contribution in [0.3, 0.4) is 0 Å². The Morgan fingerprint density at radius 2 is 1.96 bits per heavy atom. The Morgan fingerprint density at radius 1 is 1.15 bits per heavy atom. The Morgan fingerprint density at radius 3 is 2.73 bits per heavy atom. The molecule has 7 heteroatoms. The minimum atomic E-state index is -0.334. The van der Waals surface area contributed by atoms with Crippen LogP contribution in [-0.2, 0) is 19.4 Å². The summed E-state index contributed by atoms with van der Waals surface area (Å²) in [5, 5.41) is 8.74. The maximum atomic E-state index is 14.6. The summed E-state index contributed by atoms with van der Waals surface area (Å²) in [6.07, 6.45) is 2.71. The predicted octanol–water partition coefficient (Wildman–Crippen LogP) is 2.94. The van der Waals surface area contributed by atoms with E-state index in [0.717, 1.165) is 18.1 Å². The second kappa shape index (κ2) is 6.82. The van der Waals surface area contributed by atoms with Crippen LogP contribution >= 0.6 is 0 Å². The number of benzene rings is 1. The van der Waals surface area contributed by atoms with Crippen LogP contribution in [0.2, 0.25) is 0 Å². The lowest BCUT2D eigenvalue weighted by molar-refractivity contribution is 0.443. The molecule has 0 saturated carbocycles. The minimum absolute atomic E-state index is 0.131. The van der Waals surface area contributed by atoms with Gasteiger partial charge in [-0.2, -0.15) is 0 Å². The van der Waals surface area contributed by atoms with Crippen molar-refractivity contribution in [3.8, 4) is 0 Å². The number of hydrogen-bond donors (Lipinski definition) is 0. The first kappa shape index (κ1) is 16.6. The molecule has 1 aliphatic heterocycles. The number of halogens is 1. The lowest BCUT2D eigenvalue weighted by Gasteiger charge is -2.33. The SMILES string of the molecule is CCc1ncnc(N2Cc3nnc(Cc4ccccc4)n3[C@@H](C)C2)c1F. The highest BCUT2D eigenvalue weighted by molar-refractivity contribution is 5.42. The molecule has 0 bridgehead atoms. The molecule has 6 nitrogen and oxygen atoms in total. The van der Waals surface area contributed by atoms with Crippen LogP contribution in [0.15, 0.2) is 36.7 Å². The first-order valence-electron chi connectivity index (χ1n) is 8.88.